The van der Waals surface area contributed by atoms with Crippen molar-refractivity contribution in [3.63, 3.8) is 0 Å². The van der Waals surface area contributed by atoms with Crippen LogP contribution in [0.1, 0.15) is 19.4 Å². The van der Waals surface area contributed by atoms with Crippen LogP contribution < -0.4 is 0 Å². The highest BCUT2D eigenvalue weighted by atomic mass is 32.2. The molecule has 56 valence electrons. The van der Waals surface area contributed by atoms with Crippen molar-refractivity contribution in [2.75, 3.05) is 5.75 Å². The maximum absolute atomic E-state index is 4.82. The molecule has 1 aromatic heterocycles. The molecule has 0 amide bonds. The number of nitrogens with zero attached hydrogens (tertiary/aromatic N) is 1. The first kappa shape index (κ1) is 7.66. The van der Waals surface area contributed by atoms with Gasteiger partial charge in [0.1, 0.15) is 11.3 Å². The average Bonchev–Trinajstić information content (AvgIpc) is 2.36. The zero-order valence-electron chi connectivity index (χ0n) is 6.26. The van der Waals surface area contributed by atoms with Gasteiger partial charge in [-0.25, -0.2) is 0 Å². The quantitative estimate of drug-likeness (QED) is 0.630. The van der Waals surface area contributed by atoms with E-state index in [-0.39, 0.29) is 0 Å². The summed E-state index contributed by atoms with van der Waals surface area (Å²) >= 11 is 1.73. The summed E-state index contributed by atoms with van der Waals surface area (Å²) in [4.78, 5) is 0. The maximum Gasteiger partial charge on any atom is 0.142 e. The SMILES string of the molecule is CCSc1nocc1CC. The highest BCUT2D eigenvalue weighted by molar-refractivity contribution is 7.99. The first-order valence-corrected chi connectivity index (χ1v) is 4.43. The van der Waals surface area contributed by atoms with Crippen molar-refractivity contribution in [3.8, 4) is 0 Å². The predicted molar refractivity (Wildman–Crippen MR) is 42.3 cm³/mol. The normalized spacial score (nSPS) is 10.2. The van der Waals surface area contributed by atoms with E-state index in [9.17, 15) is 0 Å². The Labute approximate surface area is 65.0 Å². The largest absolute Gasteiger partial charge is 0.363 e. The molecule has 0 saturated heterocycles. The number of aromatic nitrogens is 1. The third-order valence-electron chi connectivity index (χ3n) is 1.27. The van der Waals surface area contributed by atoms with Gasteiger partial charge in [-0.05, 0) is 12.2 Å². The molecule has 0 saturated carbocycles. The second kappa shape index (κ2) is 3.66. The van der Waals surface area contributed by atoms with Gasteiger partial charge in [0.2, 0.25) is 0 Å². The highest BCUT2D eigenvalue weighted by Crippen LogP contribution is 2.20. The highest BCUT2D eigenvalue weighted by Gasteiger charge is 2.03. The fraction of sp³-hybridized carbons (Fsp3) is 0.571. The minimum absolute atomic E-state index is 1.01. The second-order valence-corrected chi connectivity index (χ2v) is 3.18. The van der Waals surface area contributed by atoms with Gasteiger partial charge in [-0.15, -0.1) is 11.8 Å². The lowest BCUT2D eigenvalue weighted by atomic mass is 10.3. The van der Waals surface area contributed by atoms with Gasteiger partial charge in [0.05, 0.1) is 0 Å². The molecule has 0 aliphatic heterocycles. The minimum atomic E-state index is 1.01. The molecular weight excluding hydrogens is 146 g/mol. The van der Waals surface area contributed by atoms with E-state index in [4.69, 9.17) is 4.52 Å². The third kappa shape index (κ3) is 1.53. The summed E-state index contributed by atoms with van der Waals surface area (Å²) in [5, 5.41) is 4.91. The number of rotatable bonds is 3. The van der Waals surface area contributed by atoms with Gasteiger partial charge in [-0.1, -0.05) is 19.0 Å². The Bertz CT molecular complexity index is 197. The summed E-state index contributed by atoms with van der Waals surface area (Å²) in [6.45, 7) is 4.21. The van der Waals surface area contributed by atoms with Crippen LogP contribution in [0, 0.1) is 0 Å². The summed E-state index contributed by atoms with van der Waals surface area (Å²) in [5.41, 5.74) is 1.21. The topological polar surface area (TPSA) is 26.0 Å². The number of hydrogen-bond acceptors (Lipinski definition) is 3. The lowest BCUT2D eigenvalue weighted by molar-refractivity contribution is 0.404. The zero-order valence-corrected chi connectivity index (χ0v) is 7.07. The summed E-state index contributed by atoms with van der Waals surface area (Å²) in [6, 6.07) is 0. The molecule has 1 rings (SSSR count). The zero-order chi connectivity index (χ0) is 7.40. The first-order valence-electron chi connectivity index (χ1n) is 3.44. The van der Waals surface area contributed by atoms with Crippen molar-refractivity contribution in [1.82, 2.24) is 5.16 Å². The van der Waals surface area contributed by atoms with E-state index in [1.54, 1.807) is 18.0 Å². The first-order chi connectivity index (χ1) is 4.88. The fourth-order valence-corrected chi connectivity index (χ4v) is 1.48. The number of thioether (sulfide) groups is 1. The molecular formula is C7H11NOS. The van der Waals surface area contributed by atoms with Gasteiger partial charge in [0, 0.05) is 5.56 Å². The van der Waals surface area contributed by atoms with Gasteiger partial charge >= 0.3 is 0 Å². The molecule has 10 heavy (non-hydrogen) atoms. The van der Waals surface area contributed by atoms with E-state index in [0.717, 1.165) is 17.2 Å². The van der Waals surface area contributed by atoms with E-state index in [2.05, 4.69) is 19.0 Å². The third-order valence-corrected chi connectivity index (χ3v) is 2.17. The molecule has 0 spiro atoms. The molecule has 0 fully saturated rings. The summed E-state index contributed by atoms with van der Waals surface area (Å²) in [5.74, 6) is 1.06. The van der Waals surface area contributed by atoms with Gasteiger partial charge in [-0.3, -0.25) is 0 Å². The Morgan fingerprint density at radius 3 is 3.00 bits per heavy atom. The van der Waals surface area contributed by atoms with Crippen LogP contribution in [0.15, 0.2) is 15.8 Å². The lowest BCUT2D eigenvalue weighted by Crippen LogP contribution is -1.79. The lowest BCUT2D eigenvalue weighted by Gasteiger charge is -1.91. The summed E-state index contributed by atoms with van der Waals surface area (Å²) < 4.78 is 4.82. The van der Waals surface area contributed by atoms with E-state index in [1.165, 1.54) is 5.56 Å². The van der Waals surface area contributed by atoms with Crippen LogP contribution in [0.4, 0.5) is 0 Å². The molecule has 1 aromatic rings. The van der Waals surface area contributed by atoms with Crippen molar-refractivity contribution >= 4 is 11.8 Å². The predicted octanol–water partition coefficient (Wildman–Crippen LogP) is 2.35. The molecule has 0 aliphatic rings. The molecule has 2 nitrogen and oxygen atoms in total. The standard InChI is InChI=1S/C7H11NOS/c1-3-6-5-9-8-7(6)10-4-2/h5H,3-4H2,1-2H3. The molecule has 0 bridgehead atoms. The molecule has 0 N–H and O–H groups in total. The second-order valence-electron chi connectivity index (χ2n) is 1.93. The fourth-order valence-electron chi connectivity index (χ4n) is 0.737. The summed E-state index contributed by atoms with van der Waals surface area (Å²) in [7, 11) is 0. The number of hydrogen-bond donors (Lipinski definition) is 0. The summed E-state index contributed by atoms with van der Waals surface area (Å²) in [6.07, 6.45) is 2.73. The Morgan fingerprint density at radius 1 is 1.60 bits per heavy atom. The molecule has 0 unspecified atom stereocenters. The van der Waals surface area contributed by atoms with Gasteiger partial charge in [0.25, 0.3) is 0 Å². The Morgan fingerprint density at radius 2 is 2.40 bits per heavy atom. The molecule has 0 atom stereocenters. The molecule has 1 heterocycles. The van der Waals surface area contributed by atoms with Crippen LogP contribution in [0.5, 0.6) is 0 Å². The molecule has 0 aliphatic carbocycles. The van der Waals surface area contributed by atoms with E-state index < -0.39 is 0 Å². The van der Waals surface area contributed by atoms with Crippen LogP contribution >= 0.6 is 11.8 Å². The molecule has 0 radical (unpaired) electrons. The maximum atomic E-state index is 4.82. The number of aryl methyl sites for hydroxylation is 1. The van der Waals surface area contributed by atoms with Crippen LogP contribution in [-0.2, 0) is 6.42 Å². The minimum Gasteiger partial charge on any atom is -0.363 e. The van der Waals surface area contributed by atoms with Crippen LogP contribution in [0.2, 0.25) is 0 Å². The Balaban J connectivity index is 2.70. The van der Waals surface area contributed by atoms with E-state index in [1.807, 2.05) is 0 Å². The van der Waals surface area contributed by atoms with Crippen LogP contribution in [-0.4, -0.2) is 10.9 Å². The molecule has 3 heteroatoms. The van der Waals surface area contributed by atoms with Crippen molar-refractivity contribution < 1.29 is 4.52 Å². The van der Waals surface area contributed by atoms with Gasteiger partial charge in [-0.2, -0.15) is 0 Å². The Hall–Kier alpha value is -0.440. The Kier molecular flexibility index (Phi) is 2.81. The van der Waals surface area contributed by atoms with Crippen molar-refractivity contribution in [1.29, 1.82) is 0 Å². The monoisotopic (exact) mass is 157 g/mol. The smallest absolute Gasteiger partial charge is 0.142 e. The van der Waals surface area contributed by atoms with Crippen molar-refractivity contribution in [2.24, 2.45) is 0 Å². The van der Waals surface area contributed by atoms with Crippen LogP contribution in [0.25, 0.3) is 0 Å². The van der Waals surface area contributed by atoms with E-state index >= 15 is 0 Å². The van der Waals surface area contributed by atoms with Gasteiger partial charge in [0.15, 0.2) is 0 Å². The average molecular weight is 157 g/mol. The van der Waals surface area contributed by atoms with Crippen molar-refractivity contribution in [2.45, 2.75) is 25.3 Å². The van der Waals surface area contributed by atoms with Gasteiger partial charge < -0.3 is 4.52 Å². The van der Waals surface area contributed by atoms with Crippen molar-refractivity contribution in [3.05, 3.63) is 11.8 Å². The molecule has 0 aromatic carbocycles. The van der Waals surface area contributed by atoms with E-state index in [0.29, 0.717) is 0 Å². The van der Waals surface area contributed by atoms with Crippen LogP contribution in [0.3, 0.4) is 0 Å².